The summed E-state index contributed by atoms with van der Waals surface area (Å²) in [4.78, 5) is 26.1. The molecule has 2 aromatic carbocycles. The molecule has 2 aromatic rings. The van der Waals surface area contributed by atoms with E-state index in [0.29, 0.717) is 47.3 Å². The highest BCUT2D eigenvalue weighted by atomic mass is 19.1. The summed E-state index contributed by atoms with van der Waals surface area (Å²) in [5.41, 5.74) is 1.65. The fourth-order valence-electron chi connectivity index (χ4n) is 3.08. The van der Waals surface area contributed by atoms with Crippen LogP contribution in [0.1, 0.15) is 40.5 Å². The Morgan fingerprint density at radius 1 is 1.11 bits per heavy atom. The maximum absolute atomic E-state index is 14.8. The van der Waals surface area contributed by atoms with E-state index >= 15 is 0 Å². The average Bonchev–Trinajstić information content (AvgIpc) is 2.84. The molecule has 9 heteroatoms. The Labute approximate surface area is 225 Å². The molecule has 0 aromatic heterocycles. The van der Waals surface area contributed by atoms with Crippen molar-refractivity contribution in [2.45, 2.75) is 40.5 Å². The van der Waals surface area contributed by atoms with Gasteiger partial charge in [0.1, 0.15) is 30.3 Å². The Bertz CT molecular complexity index is 1160. The molecule has 38 heavy (non-hydrogen) atoms. The Kier molecular flexibility index (Phi) is 14.6. The van der Waals surface area contributed by atoms with Gasteiger partial charge in [-0.2, -0.15) is 0 Å². The molecule has 1 amide bonds. The fraction of sp³-hybridized carbons (Fsp3) is 0.414. The minimum absolute atomic E-state index is 0.208. The molecule has 2 rings (SSSR count). The van der Waals surface area contributed by atoms with Crippen molar-refractivity contribution in [1.29, 1.82) is 0 Å². The summed E-state index contributed by atoms with van der Waals surface area (Å²) in [6.07, 6.45) is 3.12. The number of hydrogen-bond acceptors (Lipinski definition) is 7. The molecule has 0 heterocycles. The van der Waals surface area contributed by atoms with E-state index in [2.05, 4.69) is 48.3 Å². The third kappa shape index (κ3) is 12.6. The first kappa shape index (κ1) is 32.5. The quantitative estimate of drug-likeness (QED) is 0.168. The monoisotopic (exact) mass is 528 g/mol. The Hall–Kier alpha value is -3.56. The van der Waals surface area contributed by atoms with Crippen LogP contribution < -0.4 is 31.1 Å². The zero-order valence-electron chi connectivity index (χ0n) is 23.3. The molecule has 0 aliphatic rings. The van der Waals surface area contributed by atoms with Crippen molar-refractivity contribution < 1.29 is 23.5 Å². The Balaban J connectivity index is 0.000000781. The molecule has 0 fully saturated rings. The Morgan fingerprint density at radius 2 is 1.74 bits per heavy atom. The van der Waals surface area contributed by atoms with Gasteiger partial charge in [-0.15, -0.1) is 0 Å². The second kappa shape index (κ2) is 17.0. The van der Waals surface area contributed by atoms with Crippen LogP contribution in [0.5, 0.6) is 5.75 Å². The van der Waals surface area contributed by atoms with Gasteiger partial charge >= 0.3 is 0 Å². The SMILES string of the molecule is C=c1cc(OCCOC)cc(F)/c1=C(/N=C\C)Nc1ccc(NC(=O)CC=O)cc1.CNCCC(C)(C)C. The number of rotatable bonds is 12. The van der Waals surface area contributed by atoms with E-state index in [-0.39, 0.29) is 17.5 Å². The van der Waals surface area contributed by atoms with Crippen molar-refractivity contribution in [3.63, 3.8) is 0 Å². The summed E-state index contributed by atoms with van der Waals surface area (Å²) in [6, 6.07) is 9.62. The summed E-state index contributed by atoms with van der Waals surface area (Å²) < 4.78 is 25.2. The van der Waals surface area contributed by atoms with E-state index < -0.39 is 11.7 Å². The number of hydrogen-bond donors (Lipinski definition) is 3. The number of halogens is 1. The fourth-order valence-corrected chi connectivity index (χ4v) is 3.08. The lowest BCUT2D eigenvalue weighted by molar-refractivity contribution is -0.119. The topological polar surface area (TPSA) is 101 Å². The molecule has 0 saturated heterocycles. The standard InChI is InChI=1S/C22H24FN3O4.C7H17N/c1-4-24-22(21-15(2)13-18(14-19(21)23)30-12-11-29-3)26-17-7-5-16(6-8-17)25-20(28)9-10-27;1-7(2,3)5-6-8-4/h4-8,10,13-14,26H,2,9,11-12H2,1,3H3,(H,25,28);8H,5-6H2,1-4H3/b22-21-,24-4-;. The van der Waals surface area contributed by atoms with Crippen molar-refractivity contribution in [3.05, 3.63) is 52.7 Å². The molecule has 0 atom stereocenters. The molecule has 0 radical (unpaired) electrons. The molecule has 0 unspecified atom stereocenters. The van der Waals surface area contributed by atoms with Crippen molar-refractivity contribution >= 4 is 42.2 Å². The normalized spacial score (nSPS) is 11.9. The number of aliphatic imine (C=N–C) groups is 1. The zero-order chi connectivity index (χ0) is 28.6. The van der Waals surface area contributed by atoms with Gasteiger partial charge in [0.25, 0.3) is 0 Å². The third-order valence-electron chi connectivity index (χ3n) is 5.02. The summed E-state index contributed by atoms with van der Waals surface area (Å²) in [6.45, 7) is 14.2. The van der Waals surface area contributed by atoms with Crippen LogP contribution in [0.3, 0.4) is 0 Å². The summed E-state index contributed by atoms with van der Waals surface area (Å²) in [5, 5.41) is 9.42. The highest BCUT2D eigenvalue weighted by Gasteiger charge is 2.08. The summed E-state index contributed by atoms with van der Waals surface area (Å²) >= 11 is 0. The minimum atomic E-state index is -0.527. The van der Waals surface area contributed by atoms with Crippen molar-refractivity contribution in [1.82, 2.24) is 5.32 Å². The predicted octanol–water partition coefficient (Wildman–Crippen LogP) is 3.70. The highest BCUT2D eigenvalue weighted by molar-refractivity contribution is 5.98. The number of amides is 1. The van der Waals surface area contributed by atoms with Crippen LogP contribution in [0.2, 0.25) is 0 Å². The Morgan fingerprint density at radius 3 is 2.21 bits per heavy atom. The zero-order valence-corrected chi connectivity index (χ0v) is 23.3. The van der Waals surface area contributed by atoms with E-state index in [1.807, 2.05) is 7.05 Å². The van der Waals surface area contributed by atoms with Gasteiger partial charge in [0, 0.05) is 30.8 Å². The molecule has 0 saturated carbocycles. The van der Waals surface area contributed by atoms with Gasteiger partial charge in [0.05, 0.1) is 18.2 Å². The summed E-state index contributed by atoms with van der Waals surface area (Å²) in [5.74, 6) is -0.291. The van der Waals surface area contributed by atoms with Crippen LogP contribution in [0.15, 0.2) is 41.4 Å². The lowest BCUT2D eigenvalue weighted by Gasteiger charge is -2.16. The molecular weight excluding hydrogens is 487 g/mol. The second-order valence-electron chi connectivity index (χ2n) is 9.55. The number of ether oxygens (including phenoxy) is 2. The van der Waals surface area contributed by atoms with E-state index in [9.17, 15) is 14.0 Å². The van der Waals surface area contributed by atoms with Crippen molar-refractivity contribution in [2.24, 2.45) is 10.4 Å². The number of nitrogens with zero attached hydrogens (tertiary/aromatic N) is 1. The maximum Gasteiger partial charge on any atom is 0.231 e. The first-order chi connectivity index (χ1) is 18.0. The number of benzene rings is 2. The maximum atomic E-state index is 14.8. The van der Waals surface area contributed by atoms with Crippen molar-refractivity contribution in [2.75, 3.05) is 44.5 Å². The number of carbonyl (C=O) groups is 2. The van der Waals surface area contributed by atoms with Crippen LogP contribution in [0.4, 0.5) is 15.8 Å². The first-order valence-corrected chi connectivity index (χ1v) is 12.4. The van der Waals surface area contributed by atoms with Gasteiger partial charge in [-0.1, -0.05) is 27.4 Å². The number of carbonyl (C=O) groups excluding carboxylic acids is 2. The van der Waals surface area contributed by atoms with Gasteiger partial charge in [0.15, 0.2) is 0 Å². The van der Waals surface area contributed by atoms with Gasteiger partial charge in [-0.3, -0.25) is 4.79 Å². The van der Waals surface area contributed by atoms with E-state index in [0.717, 1.165) is 6.54 Å². The number of nitrogens with one attached hydrogen (secondary N) is 3. The summed E-state index contributed by atoms with van der Waals surface area (Å²) in [7, 11) is 3.55. The van der Waals surface area contributed by atoms with E-state index in [1.54, 1.807) is 44.4 Å². The third-order valence-corrected chi connectivity index (χ3v) is 5.02. The minimum Gasteiger partial charge on any atom is -0.491 e. The molecular formula is C29H41FN4O4. The lowest BCUT2D eigenvalue weighted by atomic mass is 9.92. The number of aldehydes is 1. The molecule has 0 bridgehead atoms. The van der Waals surface area contributed by atoms with Gasteiger partial charge in [-0.05, 0) is 67.9 Å². The number of methoxy groups -OCH3 is 1. The highest BCUT2D eigenvalue weighted by Crippen LogP contribution is 2.17. The molecule has 208 valence electrons. The molecule has 0 spiro atoms. The predicted molar refractivity (Wildman–Crippen MR) is 153 cm³/mol. The van der Waals surface area contributed by atoms with Crippen LogP contribution in [-0.4, -0.2) is 52.3 Å². The van der Waals surface area contributed by atoms with Crippen LogP contribution in [-0.2, 0) is 14.3 Å². The van der Waals surface area contributed by atoms with E-state index in [4.69, 9.17) is 9.47 Å². The average molecular weight is 529 g/mol. The molecule has 0 aliphatic carbocycles. The smallest absolute Gasteiger partial charge is 0.231 e. The van der Waals surface area contributed by atoms with E-state index in [1.165, 1.54) is 18.7 Å². The van der Waals surface area contributed by atoms with Gasteiger partial charge in [-0.25, -0.2) is 9.38 Å². The molecule has 3 N–H and O–H groups in total. The van der Waals surface area contributed by atoms with Gasteiger partial charge in [0.2, 0.25) is 5.91 Å². The molecule has 8 nitrogen and oxygen atoms in total. The van der Waals surface area contributed by atoms with Gasteiger partial charge < -0.3 is 30.2 Å². The molecule has 0 aliphatic heterocycles. The first-order valence-electron chi connectivity index (χ1n) is 12.4. The number of anilines is 2. The van der Waals surface area contributed by atoms with Crippen molar-refractivity contribution in [3.8, 4) is 5.75 Å². The lowest BCUT2D eigenvalue weighted by Crippen LogP contribution is -2.31. The van der Waals surface area contributed by atoms with Crippen LogP contribution >= 0.6 is 0 Å². The van der Waals surface area contributed by atoms with Crippen LogP contribution in [0.25, 0.3) is 12.4 Å². The largest absolute Gasteiger partial charge is 0.491 e. The van der Waals surface area contributed by atoms with Crippen LogP contribution in [0, 0.1) is 11.2 Å². The second-order valence-corrected chi connectivity index (χ2v) is 9.55.